The zero-order valence-electron chi connectivity index (χ0n) is 12.9. The Morgan fingerprint density at radius 3 is 2.04 bits per heavy atom. The molecule has 26 heavy (non-hydrogen) atoms. The second-order valence-corrected chi connectivity index (χ2v) is 6.10. The van der Waals surface area contributed by atoms with Gasteiger partial charge in [0.25, 0.3) is 0 Å². The van der Waals surface area contributed by atoms with E-state index < -0.39 is 23.5 Å². The molecule has 136 valence electrons. The lowest BCUT2D eigenvalue weighted by Crippen LogP contribution is -2.12. The summed E-state index contributed by atoms with van der Waals surface area (Å²) < 4.78 is 78.0. The van der Waals surface area contributed by atoms with Crippen LogP contribution in [0.4, 0.5) is 26.3 Å². The minimum absolute atomic E-state index is 0.104. The third kappa shape index (κ3) is 3.77. The Morgan fingerprint density at radius 1 is 0.846 bits per heavy atom. The molecule has 0 aliphatic rings. The molecule has 0 saturated heterocycles. The second-order valence-electron chi connectivity index (χ2n) is 5.69. The molecule has 0 unspecified atom stereocenters. The van der Waals surface area contributed by atoms with Crippen LogP contribution in [0.15, 0.2) is 48.7 Å². The third-order valence-corrected chi connectivity index (χ3v) is 4.20. The Morgan fingerprint density at radius 2 is 1.46 bits per heavy atom. The van der Waals surface area contributed by atoms with Crippen LogP contribution in [0.25, 0.3) is 10.9 Å². The molecular formula is C18H10ClF6N. The molecular weight excluding hydrogens is 380 g/mol. The number of alkyl halides is 6. The number of pyridine rings is 1. The molecule has 0 aliphatic heterocycles. The summed E-state index contributed by atoms with van der Waals surface area (Å²) in [6, 6.07) is 8.13. The van der Waals surface area contributed by atoms with Gasteiger partial charge in [-0.15, -0.1) is 0 Å². The number of aromatic nitrogens is 1. The van der Waals surface area contributed by atoms with E-state index in [0.717, 1.165) is 0 Å². The smallest absolute Gasteiger partial charge is 0.256 e. The first-order chi connectivity index (χ1) is 12.1. The van der Waals surface area contributed by atoms with Gasteiger partial charge in [-0.1, -0.05) is 23.7 Å². The van der Waals surface area contributed by atoms with Crippen molar-refractivity contribution in [2.45, 2.75) is 18.8 Å². The number of nitrogens with zero attached hydrogens (tertiary/aromatic N) is 1. The van der Waals surface area contributed by atoms with E-state index in [9.17, 15) is 26.3 Å². The van der Waals surface area contributed by atoms with Crippen LogP contribution in [-0.2, 0) is 18.8 Å². The molecule has 0 radical (unpaired) electrons. The number of halogens is 7. The molecule has 0 saturated carbocycles. The summed E-state index contributed by atoms with van der Waals surface area (Å²) in [5.74, 6) is 0. The maximum Gasteiger partial charge on any atom is 0.416 e. The molecule has 0 amide bonds. The fourth-order valence-electron chi connectivity index (χ4n) is 2.67. The Hall–Kier alpha value is -2.28. The lowest BCUT2D eigenvalue weighted by molar-refractivity contribution is -0.143. The molecule has 0 spiro atoms. The summed E-state index contributed by atoms with van der Waals surface area (Å²) in [5, 5.41) is 0.914. The summed E-state index contributed by atoms with van der Waals surface area (Å²) in [5.41, 5.74) is -2.05. The Kier molecular flexibility index (Phi) is 4.60. The number of hydrogen-bond acceptors (Lipinski definition) is 1. The monoisotopic (exact) mass is 389 g/mol. The van der Waals surface area contributed by atoms with Gasteiger partial charge in [-0.3, -0.25) is 4.98 Å². The van der Waals surface area contributed by atoms with Crippen molar-refractivity contribution in [1.82, 2.24) is 4.98 Å². The molecule has 0 N–H and O–H groups in total. The Labute approximate surface area is 149 Å². The number of rotatable bonds is 2. The van der Waals surface area contributed by atoms with Gasteiger partial charge in [0, 0.05) is 28.6 Å². The normalized spacial score (nSPS) is 12.6. The van der Waals surface area contributed by atoms with Crippen molar-refractivity contribution in [2.75, 3.05) is 0 Å². The van der Waals surface area contributed by atoms with Crippen LogP contribution in [-0.4, -0.2) is 4.98 Å². The van der Waals surface area contributed by atoms with Gasteiger partial charge in [0.1, 0.15) is 0 Å². The highest BCUT2D eigenvalue weighted by molar-refractivity contribution is 6.32. The zero-order valence-corrected chi connectivity index (χ0v) is 13.7. The molecule has 1 aromatic heterocycles. The fraction of sp³-hybridized carbons (Fsp3) is 0.167. The second kappa shape index (κ2) is 6.46. The average molecular weight is 390 g/mol. The molecule has 1 heterocycles. The van der Waals surface area contributed by atoms with E-state index in [2.05, 4.69) is 4.98 Å². The maximum atomic E-state index is 13.0. The lowest BCUT2D eigenvalue weighted by atomic mass is 9.97. The molecule has 8 heteroatoms. The van der Waals surface area contributed by atoms with Gasteiger partial charge in [-0.25, -0.2) is 0 Å². The predicted octanol–water partition coefficient (Wildman–Crippen LogP) is 6.52. The standard InChI is InChI=1S/C18H10ClF6N/c19-15-4-3-11-2-1-5-26-16(11)14(15)8-10-6-12(17(20,21)22)9-13(7-10)18(23,24)25/h1-7,9H,8H2. The van der Waals surface area contributed by atoms with Crippen LogP contribution in [0.5, 0.6) is 0 Å². The first-order valence-electron chi connectivity index (χ1n) is 7.36. The van der Waals surface area contributed by atoms with Crippen molar-refractivity contribution in [1.29, 1.82) is 0 Å². The molecule has 0 bridgehead atoms. The van der Waals surface area contributed by atoms with Crippen LogP contribution in [0.3, 0.4) is 0 Å². The van der Waals surface area contributed by atoms with Crippen LogP contribution in [0.2, 0.25) is 5.02 Å². The number of benzene rings is 2. The highest BCUT2D eigenvalue weighted by Crippen LogP contribution is 2.37. The first kappa shape index (κ1) is 18.5. The number of fused-ring (bicyclic) bond motifs is 1. The molecule has 3 rings (SSSR count). The van der Waals surface area contributed by atoms with E-state index in [1.807, 2.05) is 0 Å². The lowest BCUT2D eigenvalue weighted by Gasteiger charge is -2.15. The Bertz CT molecular complexity index is 930. The highest BCUT2D eigenvalue weighted by atomic mass is 35.5. The van der Waals surface area contributed by atoms with E-state index >= 15 is 0 Å². The summed E-state index contributed by atoms with van der Waals surface area (Å²) in [4.78, 5) is 4.15. The zero-order chi connectivity index (χ0) is 19.1. The summed E-state index contributed by atoms with van der Waals surface area (Å²) >= 11 is 6.13. The van der Waals surface area contributed by atoms with Crippen LogP contribution in [0, 0.1) is 0 Å². The van der Waals surface area contributed by atoms with Crippen molar-refractivity contribution in [2.24, 2.45) is 0 Å². The van der Waals surface area contributed by atoms with E-state index in [4.69, 9.17) is 11.6 Å². The van der Waals surface area contributed by atoms with Gasteiger partial charge >= 0.3 is 12.4 Å². The van der Waals surface area contributed by atoms with Gasteiger partial charge in [0.05, 0.1) is 16.6 Å². The van der Waals surface area contributed by atoms with E-state index in [1.165, 1.54) is 6.20 Å². The van der Waals surface area contributed by atoms with Crippen LogP contribution >= 0.6 is 11.6 Å². The predicted molar refractivity (Wildman–Crippen MR) is 86.0 cm³/mol. The van der Waals surface area contributed by atoms with Crippen molar-refractivity contribution in [3.8, 4) is 0 Å². The summed E-state index contributed by atoms with van der Waals surface area (Å²) in [6.45, 7) is 0. The topological polar surface area (TPSA) is 12.9 Å². The van der Waals surface area contributed by atoms with Crippen molar-refractivity contribution < 1.29 is 26.3 Å². The highest BCUT2D eigenvalue weighted by Gasteiger charge is 2.36. The van der Waals surface area contributed by atoms with Crippen LogP contribution < -0.4 is 0 Å². The van der Waals surface area contributed by atoms with Crippen molar-refractivity contribution >= 4 is 22.5 Å². The molecule has 3 aromatic rings. The third-order valence-electron chi connectivity index (χ3n) is 3.85. The summed E-state index contributed by atoms with van der Waals surface area (Å²) in [7, 11) is 0. The molecule has 0 atom stereocenters. The first-order valence-corrected chi connectivity index (χ1v) is 7.74. The van der Waals surface area contributed by atoms with Crippen LogP contribution in [0.1, 0.15) is 22.3 Å². The minimum Gasteiger partial charge on any atom is -0.256 e. The van der Waals surface area contributed by atoms with Gasteiger partial charge in [-0.05, 0) is 35.9 Å². The minimum atomic E-state index is -4.89. The Balaban J connectivity index is 2.15. The van der Waals surface area contributed by atoms with Crippen molar-refractivity contribution in [3.05, 3.63) is 75.9 Å². The molecule has 0 fully saturated rings. The van der Waals surface area contributed by atoms with E-state index in [-0.39, 0.29) is 23.1 Å². The fourth-order valence-corrected chi connectivity index (χ4v) is 2.89. The van der Waals surface area contributed by atoms with Gasteiger partial charge in [0.2, 0.25) is 0 Å². The quantitative estimate of drug-likeness (QED) is 0.455. The summed E-state index contributed by atoms with van der Waals surface area (Å²) in [6.07, 6.45) is -8.51. The SMILES string of the molecule is FC(F)(F)c1cc(Cc2c(Cl)ccc3cccnc23)cc(C(F)(F)F)c1. The molecule has 2 aromatic carbocycles. The largest absolute Gasteiger partial charge is 0.416 e. The van der Waals surface area contributed by atoms with Gasteiger partial charge in [-0.2, -0.15) is 26.3 Å². The van der Waals surface area contributed by atoms with E-state index in [1.54, 1.807) is 24.3 Å². The van der Waals surface area contributed by atoms with Gasteiger partial charge < -0.3 is 0 Å². The maximum absolute atomic E-state index is 13.0. The van der Waals surface area contributed by atoms with Crippen molar-refractivity contribution in [3.63, 3.8) is 0 Å². The van der Waals surface area contributed by atoms with Gasteiger partial charge in [0.15, 0.2) is 0 Å². The van der Waals surface area contributed by atoms with E-state index in [0.29, 0.717) is 28.6 Å². The number of hydrogen-bond donors (Lipinski definition) is 0. The molecule has 0 aliphatic carbocycles. The molecule has 1 nitrogen and oxygen atoms in total. The average Bonchev–Trinajstić information content (AvgIpc) is 2.56.